The van der Waals surface area contributed by atoms with Crippen molar-refractivity contribution in [3.8, 4) is 0 Å². The summed E-state index contributed by atoms with van der Waals surface area (Å²) in [5.41, 5.74) is 1.09. The molecule has 2 aromatic rings. The van der Waals surface area contributed by atoms with E-state index in [0.29, 0.717) is 40.8 Å². The molecule has 2 N–H and O–H groups in total. The number of hydrogen-bond donors (Lipinski definition) is 2. The normalized spacial score (nSPS) is 20.1. The number of piperidine rings is 1. The summed E-state index contributed by atoms with van der Waals surface area (Å²) in [6.45, 7) is 3.28. The van der Waals surface area contributed by atoms with Gasteiger partial charge in [0, 0.05) is 42.2 Å². The van der Waals surface area contributed by atoms with Gasteiger partial charge < -0.3 is 19.9 Å². The number of carbonyl (C=O) groups excluding carboxylic acids is 2. The zero-order valence-corrected chi connectivity index (χ0v) is 16.9. The van der Waals surface area contributed by atoms with Crippen LogP contribution in [0.25, 0.3) is 10.9 Å². The maximum atomic E-state index is 13.1. The van der Waals surface area contributed by atoms with Crippen LogP contribution in [0, 0.1) is 5.92 Å². The molecule has 0 saturated carbocycles. The summed E-state index contributed by atoms with van der Waals surface area (Å²) in [5.74, 6) is -0.486. The number of halogens is 2. The molecule has 0 radical (unpaired) electrons. The summed E-state index contributed by atoms with van der Waals surface area (Å²) in [4.78, 5) is 30.3. The van der Waals surface area contributed by atoms with Crippen molar-refractivity contribution in [1.29, 1.82) is 0 Å². The zero-order chi connectivity index (χ0) is 19.6. The van der Waals surface area contributed by atoms with Crippen LogP contribution in [0.5, 0.6) is 0 Å². The van der Waals surface area contributed by atoms with Gasteiger partial charge in [-0.05, 0) is 38.0 Å². The van der Waals surface area contributed by atoms with E-state index in [2.05, 4.69) is 10.3 Å². The molecule has 6 nitrogen and oxygen atoms in total. The maximum Gasteiger partial charge on any atom is 0.272 e. The van der Waals surface area contributed by atoms with Crippen LogP contribution in [0.2, 0.25) is 10.0 Å². The van der Waals surface area contributed by atoms with Crippen molar-refractivity contribution in [3.63, 3.8) is 0 Å². The Morgan fingerprint density at radius 1 is 1.33 bits per heavy atom. The van der Waals surface area contributed by atoms with Crippen LogP contribution in [0.15, 0.2) is 18.2 Å². The van der Waals surface area contributed by atoms with Crippen molar-refractivity contribution in [2.24, 2.45) is 5.92 Å². The lowest BCUT2D eigenvalue weighted by Crippen LogP contribution is -2.49. The van der Waals surface area contributed by atoms with E-state index in [9.17, 15) is 9.59 Å². The summed E-state index contributed by atoms with van der Waals surface area (Å²) in [6.07, 6.45) is 1.51. The van der Waals surface area contributed by atoms with Crippen molar-refractivity contribution in [2.45, 2.75) is 25.8 Å². The number of nitrogens with one attached hydrogen (secondary N) is 2. The van der Waals surface area contributed by atoms with E-state index >= 15 is 0 Å². The third kappa shape index (κ3) is 4.23. The third-order valence-corrected chi connectivity index (χ3v) is 5.66. The largest absolute Gasteiger partial charge is 0.383 e. The van der Waals surface area contributed by atoms with Gasteiger partial charge in [-0.3, -0.25) is 9.59 Å². The van der Waals surface area contributed by atoms with Gasteiger partial charge >= 0.3 is 0 Å². The molecule has 0 spiro atoms. The number of rotatable bonds is 5. The maximum absolute atomic E-state index is 13.1. The monoisotopic (exact) mass is 411 g/mol. The molecule has 1 aliphatic heterocycles. The highest BCUT2D eigenvalue weighted by Crippen LogP contribution is 2.32. The summed E-state index contributed by atoms with van der Waals surface area (Å²) in [5, 5.41) is 4.48. The predicted octanol–water partition coefficient (Wildman–Crippen LogP) is 3.48. The van der Waals surface area contributed by atoms with Gasteiger partial charge in [0.2, 0.25) is 5.91 Å². The van der Waals surface area contributed by atoms with Crippen LogP contribution in [0.1, 0.15) is 30.3 Å². The summed E-state index contributed by atoms with van der Waals surface area (Å²) in [7, 11) is 1.59. The van der Waals surface area contributed by atoms with Crippen molar-refractivity contribution >= 4 is 45.9 Å². The van der Waals surface area contributed by atoms with Gasteiger partial charge in [0.25, 0.3) is 5.91 Å². The van der Waals surface area contributed by atoms with Crippen molar-refractivity contribution in [1.82, 2.24) is 15.2 Å². The van der Waals surface area contributed by atoms with E-state index in [1.165, 1.54) is 0 Å². The Bertz CT molecular complexity index is 852. The molecule has 2 atom stereocenters. The highest BCUT2D eigenvalue weighted by molar-refractivity contribution is 6.39. The van der Waals surface area contributed by atoms with Gasteiger partial charge in [-0.2, -0.15) is 0 Å². The molecule has 27 heavy (non-hydrogen) atoms. The van der Waals surface area contributed by atoms with Crippen LogP contribution in [0.4, 0.5) is 0 Å². The van der Waals surface area contributed by atoms with Crippen LogP contribution in [-0.2, 0) is 9.53 Å². The SMILES string of the molecule is COCCNC(=O)[C@@H]1CC[C@@H](C)N(C(=O)c2[nH]c3ccc(Cl)cc3c2Cl)C1. The molecule has 2 amide bonds. The summed E-state index contributed by atoms with van der Waals surface area (Å²) in [6, 6.07) is 5.31. The average molecular weight is 412 g/mol. The Morgan fingerprint density at radius 3 is 2.85 bits per heavy atom. The highest BCUT2D eigenvalue weighted by atomic mass is 35.5. The number of hydrogen-bond acceptors (Lipinski definition) is 3. The molecule has 0 bridgehead atoms. The van der Waals surface area contributed by atoms with Crippen LogP contribution in [0.3, 0.4) is 0 Å². The lowest BCUT2D eigenvalue weighted by molar-refractivity contribution is -0.126. The number of fused-ring (bicyclic) bond motifs is 1. The minimum Gasteiger partial charge on any atom is -0.383 e. The molecule has 1 fully saturated rings. The standard InChI is InChI=1S/C19H23Cl2N3O3/c1-11-3-4-12(18(25)22-7-8-27-2)10-24(11)19(26)17-16(21)14-9-13(20)5-6-15(14)23-17/h5-6,9,11-12,23H,3-4,7-8,10H2,1-2H3,(H,22,25)/t11-,12-/m1/s1. The Labute approximate surface area is 168 Å². The van der Waals surface area contributed by atoms with E-state index in [1.807, 2.05) is 6.92 Å². The zero-order valence-electron chi connectivity index (χ0n) is 15.4. The molecule has 8 heteroatoms. The average Bonchev–Trinajstić information content (AvgIpc) is 2.98. The minimum atomic E-state index is -0.236. The lowest BCUT2D eigenvalue weighted by atomic mass is 9.92. The van der Waals surface area contributed by atoms with Gasteiger partial charge in [-0.25, -0.2) is 0 Å². The van der Waals surface area contributed by atoms with Crippen molar-refractivity contribution in [2.75, 3.05) is 26.8 Å². The lowest BCUT2D eigenvalue weighted by Gasteiger charge is -2.37. The van der Waals surface area contributed by atoms with Crippen molar-refractivity contribution < 1.29 is 14.3 Å². The first kappa shape index (κ1) is 20.0. The number of likely N-dealkylation sites (tertiary alicyclic amines) is 1. The number of nitrogens with zero attached hydrogens (tertiary/aromatic N) is 1. The highest BCUT2D eigenvalue weighted by Gasteiger charge is 2.34. The smallest absolute Gasteiger partial charge is 0.272 e. The molecule has 1 aromatic carbocycles. The van der Waals surface area contributed by atoms with E-state index in [4.69, 9.17) is 27.9 Å². The Balaban J connectivity index is 1.78. The number of aromatic nitrogens is 1. The first-order valence-corrected chi connectivity index (χ1v) is 9.72. The van der Waals surface area contributed by atoms with Gasteiger partial charge in [0.05, 0.1) is 17.5 Å². The molecule has 1 aromatic heterocycles. The fourth-order valence-corrected chi connectivity index (χ4v) is 3.90. The Kier molecular flexibility index (Phi) is 6.29. The van der Waals surface area contributed by atoms with Gasteiger partial charge in [0.15, 0.2) is 0 Å². The van der Waals surface area contributed by atoms with Crippen LogP contribution >= 0.6 is 23.2 Å². The Hall–Kier alpha value is -1.76. The number of amides is 2. The van der Waals surface area contributed by atoms with E-state index in [1.54, 1.807) is 30.2 Å². The fourth-order valence-electron chi connectivity index (χ4n) is 3.45. The first-order chi connectivity index (χ1) is 12.9. The molecule has 3 rings (SSSR count). The second-order valence-electron chi connectivity index (χ2n) is 6.87. The second-order valence-corrected chi connectivity index (χ2v) is 7.68. The van der Waals surface area contributed by atoms with E-state index in [0.717, 1.165) is 18.4 Å². The molecular formula is C19H23Cl2N3O3. The first-order valence-electron chi connectivity index (χ1n) is 8.96. The number of benzene rings is 1. The summed E-state index contributed by atoms with van der Waals surface area (Å²) < 4.78 is 4.96. The molecule has 0 aliphatic carbocycles. The molecule has 2 heterocycles. The predicted molar refractivity (Wildman–Crippen MR) is 106 cm³/mol. The van der Waals surface area contributed by atoms with Gasteiger partial charge in [-0.1, -0.05) is 23.2 Å². The Morgan fingerprint density at radius 2 is 2.11 bits per heavy atom. The van der Waals surface area contributed by atoms with Gasteiger partial charge in [0.1, 0.15) is 5.69 Å². The minimum absolute atomic E-state index is 0.0339. The molecular weight excluding hydrogens is 389 g/mol. The number of ether oxygens (including phenoxy) is 1. The molecule has 1 aliphatic rings. The number of carbonyl (C=O) groups is 2. The van der Waals surface area contributed by atoms with Crippen LogP contribution in [-0.4, -0.2) is 54.5 Å². The van der Waals surface area contributed by atoms with Gasteiger partial charge in [-0.15, -0.1) is 0 Å². The van der Waals surface area contributed by atoms with Crippen LogP contribution < -0.4 is 5.32 Å². The van der Waals surface area contributed by atoms with Crippen molar-refractivity contribution in [3.05, 3.63) is 33.9 Å². The quantitative estimate of drug-likeness (QED) is 0.739. The second kappa shape index (κ2) is 8.50. The van der Waals surface area contributed by atoms with E-state index in [-0.39, 0.29) is 23.8 Å². The molecule has 1 saturated heterocycles. The number of aromatic amines is 1. The topological polar surface area (TPSA) is 74.4 Å². The number of methoxy groups -OCH3 is 1. The number of H-pyrrole nitrogens is 1. The fraction of sp³-hybridized carbons (Fsp3) is 0.474. The molecule has 146 valence electrons. The summed E-state index contributed by atoms with van der Waals surface area (Å²) >= 11 is 12.5. The third-order valence-electron chi connectivity index (χ3n) is 5.03. The molecule has 0 unspecified atom stereocenters. The van der Waals surface area contributed by atoms with E-state index < -0.39 is 0 Å².